The van der Waals surface area contributed by atoms with Crippen molar-refractivity contribution in [3.05, 3.63) is 82.0 Å². The zero-order valence-electron chi connectivity index (χ0n) is 26.9. The van der Waals surface area contributed by atoms with Crippen molar-refractivity contribution in [3.8, 4) is 11.1 Å². The third-order valence-corrected chi connectivity index (χ3v) is 8.56. The van der Waals surface area contributed by atoms with Crippen LogP contribution in [0.4, 0.5) is 0 Å². The summed E-state index contributed by atoms with van der Waals surface area (Å²) in [5.74, 6) is 0. The van der Waals surface area contributed by atoms with Gasteiger partial charge in [-0.1, -0.05) is 71.6 Å². The standard InChI is InChI=1S/C23H29.C9H18.C5H5.2ClH.Zr/c1-14-9-16-11-17-10-15(2)21(23(6,7)8)13-19(17)18(16)12-20(14)22(3,4)5;1-3-5-7-9-8-6-4-2;1-2-4-5-3-1;;;/h9,12-13H,11H2,1-8H3;3-8H2,1-2H3;1-3H,4H2;2*1H;/q-1;;-1;;;+2/p-2. The Kier molecular flexibility index (Phi) is 17.7. The van der Waals surface area contributed by atoms with Crippen LogP contribution in [-0.2, 0) is 41.5 Å². The van der Waals surface area contributed by atoms with Crippen LogP contribution < -0.4 is 24.8 Å². The summed E-state index contributed by atoms with van der Waals surface area (Å²) in [6.07, 6.45) is 19.3. The fraction of sp³-hybridized carbons (Fsp3) is 0.541. The van der Waals surface area contributed by atoms with Gasteiger partial charge < -0.3 is 24.8 Å². The molecule has 0 N–H and O–H groups in total. The molecule has 2 aliphatic rings. The Bertz CT molecular complexity index is 1050. The van der Waals surface area contributed by atoms with Gasteiger partial charge in [0.2, 0.25) is 0 Å². The smallest absolute Gasteiger partial charge is 0.0129 e. The van der Waals surface area contributed by atoms with Crippen LogP contribution in [0.2, 0.25) is 0 Å². The number of hydrogen-bond donors (Lipinski definition) is 0. The molecule has 0 nitrogen and oxygen atoms in total. The van der Waals surface area contributed by atoms with Gasteiger partial charge in [-0.3, -0.25) is 6.08 Å². The number of allylic oxidation sites excluding steroid dienone is 4. The molecule has 3 heteroatoms. The molecule has 0 bridgehead atoms. The van der Waals surface area contributed by atoms with E-state index in [1.54, 1.807) is 27.4 Å². The van der Waals surface area contributed by atoms with Gasteiger partial charge in [-0.25, -0.2) is 12.2 Å². The van der Waals surface area contributed by atoms with Gasteiger partial charge in [0.05, 0.1) is 0 Å². The van der Waals surface area contributed by atoms with E-state index in [1.165, 1.54) is 83.0 Å². The van der Waals surface area contributed by atoms with E-state index < -0.39 is 0 Å². The molecule has 0 heterocycles. The molecule has 0 atom stereocenters. The van der Waals surface area contributed by atoms with E-state index >= 15 is 0 Å². The normalized spacial score (nSPS) is 12.7. The van der Waals surface area contributed by atoms with Crippen molar-refractivity contribution < 1.29 is 49.0 Å². The van der Waals surface area contributed by atoms with Crippen molar-refractivity contribution in [2.75, 3.05) is 0 Å². The molecule has 220 valence electrons. The summed E-state index contributed by atoms with van der Waals surface area (Å²) in [6.45, 7) is 22.8. The number of rotatable bonds is 6. The number of halogens is 2. The summed E-state index contributed by atoms with van der Waals surface area (Å²) in [7, 11) is 0. The maximum Gasteiger partial charge on any atom is -0.0129 e. The molecule has 0 saturated carbocycles. The minimum absolute atomic E-state index is 0. The van der Waals surface area contributed by atoms with Crippen molar-refractivity contribution >= 4 is 3.21 Å². The van der Waals surface area contributed by atoms with Gasteiger partial charge in [-0.2, -0.15) is 23.8 Å². The Morgan fingerprint density at radius 3 is 1.80 bits per heavy atom. The molecule has 0 fully saturated rings. The van der Waals surface area contributed by atoms with E-state index in [1.807, 2.05) is 12.2 Å². The first-order valence-corrected chi connectivity index (χ1v) is 16.0. The molecule has 2 aromatic carbocycles. The second-order valence-corrected chi connectivity index (χ2v) is 14.8. The molecule has 0 aromatic heterocycles. The molecule has 40 heavy (non-hydrogen) atoms. The number of unbranched alkanes of at least 4 members (excludes halogenated alkanes) is 2. The van der Waals surface area contributed by atoms with Gasteiger partial charge >= 0.3 is 79.8 Å². The van der Waals surface area contributed by atoms with Crippen LogP contribution in [0, 0.1) is 26.0 Å². The first-order valence-electron chi connectivity index (χ1n) is 14.8. The fourth-order valence-corrected chi connectivity index (χ4v) is 6.14. The Hall–Kier alpha value is -0.747. The van der Waals surface area contributed by atoms with Crippen molar-refractivity contribution in [2.45, 2.75) is 131 Å². The van der Waals surface area contributed by atoms with E-state index in [2.05, 4.69) is 106 Å². The van der Waals surface area contributed by atoms with Crippen molar-refractivity contribution in [3.63, 3.8) is 0 Å². The summed E-state index contributed by atoms with van der Waals surface area (Å²) in [5.41, 5.74) is 11.6. The van der Waals surface area contributed by atoms with Gasteiger partial charge in [0.1, 0.15) is 0 Å². The average Bonchev–Trinajstić information content (AvgIpc) is 3.50. The fourth-order valence-electron chi connectivity index (χ4n) is 5.27. The van der Waals surface area contributed by atoms with Crippen molar-refractivity contribution in [2.24, 2.45) is 0 Å². The Balaban J connectivity index is 0.000000746. The van der Waals surface area contributed by atoms with E-state index in [4.69, 9.17) is 0 Å². The molecular weight excluding hydrogens is 607 g/mol. The molecule has 0 radical (unpaired) electrons. The van der Waals surface area contributed by atoms with Crippen LogP contribution in [0.1, 0.15) is 134 Å². The number of hydrogen-bond acceptors (Lipinski definition) is 0. The Labute approximate surface area is 275 Å². The van der Waals surface area contributed by atoms with Gasteiger partial charge in [0.25, 0.3) is 0 Å². The monoisotopic (exact) mass is 656 g/mol. The van der Waals surface area contributed by atoms with Gasteiger partial charge in [0.15, 0.2) is 0 Å². The third-order valence-electron chi connectivity index (χ3n) is 7.33. The summed E-state index contributed by atoms with van der Waals surface area (Å²) in [6, 6.07) is 10.9. The van der Waals surface area contributed by atoms with Crippen molar-refractivity contribution in [1.29, 1.82) is 0 Å². The molecule has 2 aliphatic carbocycles. The second kappa shape index (κ2) is 18.0. The van der Waals surface area contributed by atoms with E-state index in [-0.39, 0.29) is 35.6 Å². The number of benzene rings is 2. The zero-order valence-corrected chi connectivity index (χ0v) is 30.8. The summed E-state index contributed by atoms with van der Waals surface area (Å²) >= 11 is 1.67. The molecule has 0 spiro atoms. The first kappa shape index (κ1) is 39.3. The molecule has 0 unspecified atom stereocenters. The topological polar surface area (TPSA) is 0 Å². The molecule has 2 aromatic rings. The van der Waals surface area contributed by atoms with Gasteiger partial charge in [-0.15, -0.1) is 23.1 Å². The minimum Gasteiger partial charge on any atom is -1.00 e. The predicted octanol–water partition coefficient (Wildman–Crippen LogP) is 4.67. The van der Waals surface area contributed by atoms with Crippen LogP contribution >= 0.6 is 0 Å². The number of aryl methyl sites for hydroxylation is 2. The van der Waals surface area contributed by atoms with Crippen LogP contribution in [0.15, 0.2) is 36.4 Å². The number of fused-ring (bicyclic) bond motifs is 3. The molecule has 0 aliphatic heterocycles. The third kappa shape index (κ3) is 11.9. The largest absolute Gasteiger partial charge is 1.00 e. The summed E-state index contributed by atoms with van der Waals surface area (Å²) in [4.78, 5) is 0. The Morgan fingerprint density at radius 1 is 0.825 bits per heavy atom. The first-order chi connectivity index (χ1) is 17.8. The van der Waals surface area contributed by atoms with Crippen LogP contribution in [0.3, 0.4) is 0 Å². The summed E-state index contributed by atoms with van der Waals surface area (Å²) in [5, 5.41) is 0. The van der Waals surface area contributed by atoms with E-state index in [0.29, 0.717) is 0 Å². The van der Waals surface area contributed by atoms with E-state index in [9.17, 15) is 0 Å². The average molecular weight is 659 g/mol. The Morgan fingerprint density at radius 2 is 1.38 bits per heavy atom. The summed E-state index contributed by atoms with van der Waals surface area (Å²) < 4.78 is 1.79. The second-order valence-electron chi connectivity index (χ2n) is 13.0. The van der Waals surface area contributed by atoms with Crippen LogP contribution in [-0.4, -0.2) is 3.21 Å². The van der Waals surface area contributed by atoms with Crippen LogP contribution in [0.5, 0.6) is 0 Å². The zero-order chi connectivity index (χ0) is 28.5. The predicted molar refractivity (Wildman–Crippen MR) is 166 cm³/mol. The maximum absolute atomic E-state index is 3.69. The SMILES string of the molecule is CCCC[C](=[Zr+2])CCCC.Cc1[c-]c2c(cc1C(C)(C)C)-c1cc(C(C)(C)C)c(C)cc1C2.[C-]1=CC=CC1.[Cl-].[Cl-]. The van der Waals surface area contributed by atoms with Gasteiger partial charge in [-0.05, 0) is 35.4 Å². The van der Waals surface area contributed by atoms with Crippen LogP contribution in [0.25, 0.3) is 11.1 Å². The maximum atomic E-state index is 3.69. The van der Waals surface area contributed by atoms with E-state index in [0.717, 1.165) is 12.8 Å². The molecule has 0 saturated heterocycles. The molecule has 4 rings (SSSR count). The quantitative estimate of drug-likeness (QED) is 0.338. The molecule has 0 amide bonds. The van der Waals surface area contributed by atoms with Gasteiger partial charge in [0, 0.05) is 0 Å². The molecular formula is C37H52Cl2Zr-2. The minimum atomic E-state index is 0. The van der Waals surface area contributed by atoms with Crippen molar-refractivity contribution in [1.82, 2.24) is 0 Å².